The third-order valence-corrected chi connectivity index (χ3v) is 3.09. The molecule has 2 rings (SSSR count). The molecule has 0 saturated carbocycles. The van der Waals surface area contributed by atoms with Gasteiger partial charge in [0, 0.05) is 31.5 Å². The molecule has 1 fully saturated rings. The highest BCUT2D eigenvalue weighted by molar-refractivity contribution is 5.95. The monoisotopic (exact) mass is 265 g/mol. The lowest BCUT2D eigenvalue weighted by Gasteiger charge is -2.26. The Balaban J connectivity index is 2.11. The van der Waals surface area contributed by atoms with Gasteiger partial charge in [0.1, 0.15) is 5.78 Å². The highest BCUT2D eigenvalue weighted by atomic mass is 19.1. The standard InChI is InChI=1S/C14H16FNO3/c1-2-19-13-4-3-10(9-12(13)15)14(18)16-7-5-11(17)6-8-16/h3-4,9H,2,5-8H2,1H3. The summed E-state index contributed by atoms with van der Waals surface area (Å²) in [5, 5.41) is 0. The molecule has 0 aliphatic carbocycles. The number of likely N-dealkylation sites (tertiary alicyclic amines) is 1. The van der Waals surface area contributed by atoms with Crippen LogP contribution in [0.4, 0.5) is 4.39 Å². The second kappa shape index (κ2) is 5.82. The van der Waals surface area contributed by atoms with E-state index in [0.717, 1.165) is 0 Å². The summed E-state index contributed by atoms with van der Waals surface area (Å²) in [7, 11) is 0. The number of carbonyl (C=O) groups is 2. The summed E-state index contributed by atoms with van der Waals surface area (Å²) >= 11 is 0. The van der Waals surface area contributed by atoms with Gasteiger partial charge in [0.2, 0.25) is 0 Å². The molecule has 1 amide bonds. The predicted molar refractivity (Wildman–Crippen MR) is 67.7 cm³/mol. The molecule has 0 aromatic heterocycles. The van der Waals surface area contributed by atoms with E-state index in [-0.39, 0.29) is 23.0 Å². The first-order valence-electron chi connectivity index (χ1n) is 6.35. The van der Waals surface area contributed by atoms with E-state index in [4.69, 9.17) is 4.74 Å². The molecule has 4 nitrogen and oxygen atoms in total. The van der Waals surface area contributed by atoms with Crippen molar-refractivity contribution in [3.05, 3.63) is 29.6 Å². The lowest BCUT2D eigenvalue weighted by Crippen LogP contribution is -2.38. The molecule has 1 aliphatic heterocycles. The fraction of sp³-hybridized carbons (Fsp3) is 0.429. The Hall–Kier alpha value is -1.91. The van der Waals surface area contributed by atoms with Crippen LogP contribution < -0.4 is 4.74 Å². The number of halogens is 1. The number of hydrogen-bond acceptors (Lipinski definition) is 3. The number of hydrogen-bond donors (Lipinski definition) is 0. The van der Waals surface area contributed by atoms with Crippen molar-refractivity contribution in [1.82, 2.24) is 4.90 Å². The summed E-state index contributed by atoms with van der Waals surface area (Å²) in [6.07, 6.45) is 0.760. The van der Waals surface area contributed by atoms with Gasteiger partial charge in [0.05, 0.1) is 6.61 Å². The van der Waals surface area contributed by atoms with Gasteiger partial charge < -0.3 is 9.64 Å². The Morgan fingerprint density at radius 3 is 2.63 bits per heavy atom. The third kappa shape index (κ3) is 3.10. The largest absolute Gasteiger partial charge is 0.491 e. The number of carbonyl (C=O) groups excluding carboxylic acids is 2. The lowest BCUT2D eigenvalue weighted by atomic mass is 10.1. The van der Waals surface area contributed by atoms with Crippen LogP contribution in [0.3, 0.4) is 0 Å². The van der Waals surface area contributed by atoms with Crippen LogP contribution in [0.25, 0.3) is 0 Å². The molecule has 5 heteroatoms. The zero-order chi connectivity index (χ0) is 13.8. The fourth-order valence-corrected chi connectivity index (χ4v) is 2.05. The number of piperidine rings is 1. The van der Waals surface area contributed by atoms with Crippen LogP contribution in [0.5, 0.6) is 5.75 Å². The van der Waals surface area contributed by atoms with E-state index in [2.05, 4.69) is 0 Å². The summed E-state index contributed by atoms with van der Waals surface area (Å²) in [5.74, 6) is -0.468. The van der Waals surface area contributed by atoms with Crippen molar-refractivity contribution < 1.29 is 18.7 Å². The fourth-order valence-electron chi connectivity index (χ4n) is 2.05. The SMILES string of the molecule is CCOc1ccc(C(=O)N2CCC(=O)CC2)cc1F. The molecular formula is C14H16FNO3. The number of ether oxygens (including phenoxy) is 1. The van der Waals surface area contributed by atoms with Gasteiger partial charge in [-0.2, -0.15) is 0 Å². The van der Waals surface area contributed by atoms with E-state index in [0.29, 0.717) is 32.5 Å². The van der Waals surface area contributed by atoms with Gasteiger partial charge in [-0.15, -0.1) is 0 Å². The van der Waals surface area contributed by atoms with Gasteiger partial charge in [-0.1, -0.05) is 0 Å². The molecule has 1 aliphatic rings. The van der Waals surface area contributed by atoms with Crippen molar-refractivity contribution in [2.75, 3.05) is 19.7 Å². The number of rotatable bonds is 3. The smallest absolute Gasteiger partial charge is 0.253 e. The van der Waals surface area contributed by atoms with Crippen molar-refractivity contribution in [2.24, 2.45) is 0 Å². The molecule has 1 aromatic rings. The van der Waals surface area contributed by atoms with E-state index in [1.165, 1.54) is 12.1 Å². The summed E-state index contributed by atoms with van der Waals surface area (Å²) < 4.78 is 18.8. The van der Waals surface area contributed by atoms with E-state index < -0.39 is 5.82 Å². The molecule has 1 saturated heterocycles. The minimum atomic E-state index is -0.541. The summed E-state index contributed by atoms with van der Waals surface area (Å²) in [4.78, 5) is 24.8. The maximum Gasteiger partial charge on any atom is 0.253 e. The van der Waals surface area contributed by atoms with Crippen LogP contribution >= 0.6 is 0 Å². The molecule has 19 heavy (non-hydrogen) atoms. The highest BCUT2D eigenvalue weighted by Gasteiger charge is 2.22. The number of Topliss-reactive ketones (excluding diaryl/α,β-unsaturated/α-hetero) is 1. The minimum Gasteiger partial charge on any atom is -0.491 e. The molecule has 1 heterocycles. The average Bonchev–Trinajstić information content (AvgIpc) is 2.41. The Kier molecular flexibility index (Phi) is 4.14. The van der Waals surface area contributed by atoms with Gasteiger partial charge in [0.25, 0.3) is 5.91 Å². The minimum absolute atomic E-state index is 0.146. The molecule has 0 bridgehead atoms. The van der Waals surface area contributed by atoms with Crippen LogP contribution in [0.15, 0.2) is 18.2 Å². The molecule has 0 atom stereocenters. The van der Waals surface area contributed by atoms with E-state index in [1.54, 1.807) is 17.9 Å². The van der Waals surface area contributed by atoms with E-state index >= 15 is 0 Å². The van der Waals surface area contributed by atoms with E-state index in [9.17, 15) is 14.0 Å². The van der Waals surface area contributed by atoms with Gasteiger partial charge in [-0.3, -0.25) is 9.59 Å². The normalized spacial score (nSPS) is 15.5. The van der Waals surface area contributed by atoms with Crippen LogP contribution in [-0.2, 0) is 4.79 Å². The Labute approximate surface area is 111 Å². The quantitative estimate of drug-likeness (QED) is 0.840. The van der Waals surface area contributed by atoms with E-state index in [1.807, 2.05) is 0 Å². The van der Waals surface area contributed by atoms with Crippen LogP contribution in [0, 0.1) is 5.82 Å². The molecular weight excluding hydrogens is 249 g/mol. The predicted octanol–water partition coefficient (Wildman–Crippen LogP) is 2.03. The molecule has 0 spiro atoms. The van der Waals surface area contributed by atoms with Gasteiger partial charge in [-0.05, 0) is 25.1 Å². The molecule has 0 unspecified atom stereocenters. The van der Waals surface area contributed by atoms with Crippen molar-refractivity contribution in [2.45, 2.75) is 19.8 Å². The molecule has 1 aromatic carbocycles. The second-order valence-corrected chi connectivity index (χ2v) is 4.41. The van der Waals surface area contributed by atoms with Gasteiger partial charge >= 0.3 is 0 Å². The van der Waals surface area contributed by atoms with Crippen molar-refractivity contribution >= 4 is 11.7 Å². The third-order valence-electron chi connectivity index (χ3n) is 3.09. The Bertz CT molecular complexity index is 491. The topological polar surface area (TPSA) is 46.6 Å². The highest BCUT2D eigenvalue weighted by Crippen LogP contribution is 2.20. The first kappa shape index (κ1) is 13.5. The lowest BCUT2D eigenvalue weighted by molar-refractivity contribution is -0.120. The number of ketones is 1. The van der Waals surface area contributed by atoms with Crippen LogP contribution in [0.2, 0.25) is 0 Å². The Morgan fingerprint density at radius 1 is 1.37 bits per heavy atom. The van der Waals surface area contributed by atoms with Gasteiger partial charge in [0.15, 0.2) is 11.6 Å². The average molecular weight is 265 g/mol. The zero-order valence-corrected chi connectivity index (χ0v) is 10.8. The maximum atomic E-state index is 13.7. The number of benzene rings is 1. The van der Waals surface area contributed by atoms with Crippen LogP contribution in [0.1, 0.15) is 30.1 Å². The number of amides is 1. The zero-order valence-electron chi connectivity index (χ0n) is 10.8. The molecule has 0 N–H and O–H groups in total. The first-order chi connectivity index (χ1) is 9.11. The number of nitrogens with zero attached hydrogens (tertiary/aromatic N) is 1. The Morgan fingerprint density at radius 2 is 2.05 bits per heavy atom. The summed E-state index contributed by atoms with van der Waals surface area (Å²) in [6, 6.07) is 4.19. The first-order valence-corrected chi connectivity index (χ1v) is 6.35. The van der Waals surface area contributed by atoms with Crippen molar-refractivity contribution in [3.63, 3.8) is 0 Å². The van der Waals surface area contributed by atoms with Gasteiger partial charge in [-0.25, -0.2) is 4.39 Å². The van der Waals surface area contributed by atoms with Crippen molar-refractivity contribution in [3.8, 4) is 5.75 Å². The summed E-state index contributed by atoms with van der Waals surface area (Å²) in [5.41, 5.74) is 0.287. The molecule has 0 radical (unpaired) electrons. The molecule has 102 valence electrons. The summed E-state index contributed by atoms with van der Waals surface area (Å²) in [6.45, 7) is 2.96. The maximum absolute atomic E-state index is 13.7. The van der Waals surface area contributed by atoms with Crippen LogP contribution in [-0.4, -0.2) is 36.3 Å². The van der Waals surface area contributed by atoms with Crippen molar-refractivity contribution in [1.29, 1.82) is 0 Å². The second-order valence-electron chi connectivity index (χ2n) is 4.41.